The summed E-state index contributed by atoms with van der Waals surface area (Å²) in [6.45, 7) is 8.59. The normalized spacial score (nSPS) is 13.9. The van der Waals surface area contributed by atoms with Gasteiger partial charge >= 0.3 is 0 Å². The third-order valence-electron chi connectivity index (χ3n) is 6.03. The van der Waals surface area contributed by atoms with Crippen LogP contribution in [0.2, 0.25) is 0 Å². The van der Waals surface area contributed by atoms with Gasteiger partial charge in [-0.2, -0.15) is 3.71 Å². The molecule has 1 aromatic carbocycles. The van der Waals surface area contributed by atoms with Crippen LogP contribution in [0.1, 0.15) is 55.2 Å². The van der Waals surface area contributed by atoms with Gasteiger partial charge in [0.05, 0.1) is 23.7 Å². The van der Waals surface area contributed by atoms with Crippen LogP contribution >= 0.6 is 0 Å². The van der Waals surface area contributed by atoms with Crippen LogP contribution in [-0.4, -0.2) is 54.0 Å². The van der Waals surface area contributed by atoms with Gasteiger partial charge in [0.15, 0.2) is 5.82 Å². The molecule has 13 heteroatoms. The molecule has 4 rings (SSSR count). The molecule has 0 radical (unpaired) electrons. The average Bonchev–Trinajstić information content (AvgIpc) is 3.45. The number of fused-ring (bicyclic) bond motifs is 1. The zero-order chi connectivity index (χ0) is 26.4. The highest BCUT2D eigenvalue weighted by Gasteiger charge is 2.36. The van der Waals surface area contributed by atoms with Gasteiger partial charge in [0.1, 0.15) is 17.8 Å². The van der Waals surface area contributed by atoms with Crippen molar-refractivity contribution in [2.24, 2.45) is 0 Å². The molecule has 0 N–H and O–H groups in total. The zero-order valence-corrected chi connectivity index (χ0v) is 22.3. The van der Waals surface area contributed by atoms with E-state index in [1.807, 2.05) is 18.4 Å². The molecule has 0 fully saturated rings. The molecular weight excluding hydrogens is 504 g/mol. The summed E-state index contributed by atoms with van der Waals surface area (Å²) in [5.41, 5.74) is 1.83. The predicted molar refractivity (Wildman–Crippen MR) is 137 cm³/mol. The lowest BCUT2D eigenvalue weighted by Crippen LogP contribution is -2.39. The molecule has 1 amide bonds. The molecule has 0 saturated heterocycles. The quantitative estimate of drug-likeness (QED) is 0.432. The van der Waals surface area contributed by atoms with Gasteiger partial charge < -0.3 is 4.57 Å². The molecule has 0 saturated carbocycles. The third-order valence-corrected chi connectivity index (χ3v) is 10.3. The van der Waals surface area contributed by atoms with Crippen LogP contribution in [0, 0.1) is 6.92 Å². The second-order valence-corrected chi connectivity index (χ2v) is 13.2. The summed E-state index contributed by atoms with van der Waals surface area (Å²) < 4.78 is 53.5. The second kappa shape index (κ2) is 9.28. The van der Waals surface area contributed by atoms with E-state index in [4.69, 9.17) is 0 Å². The minimum atomic E-state index is -4.16. The van der Waals surface area contributed by atoms with E-state index in [9.17, 15) is 21.6 Å². The van der Waals surface area contributed by atoms with Gasteiger partial charge in [-0.05, 0) is 63.9 Å². The Hall–Kier alpha value is -3.32. The number of sulfonamides is 2. The van der Waals surface area contributed by atoms with Crippen molar-refractivity contribution < 1.29 is 21.6 Å². The van der Waals surface area contributed by atoms with E-state index in [2.05, 4.69) is 15.2 Å². The van der Waals surface area contributed by atoms with Crippen LogP contribution < -0.4 is 8.61 Å². The van der Waals surface area contributed by atoms with Crippen molar-refractivity contribution in [1.82, 2.24) is 19.7 Å². The SMILES string of the molecule is CCS(=O)(=O)N(c1cc2c(cc1C)CN(c1cccc(-c3nncn3C(C)C)n1)C2=O)S(=O)(=O)CC. The summed E-state index contributed by atoms with van der Waals surface area (Å²) in [6.07, 6.45) is 1.62. The number of aromatic nitrogens is 4. The maximum absolute atomic E-state index is 13.4. The molecule has 36 heavy (non-hydrogen) atoms. The lowest BCUT2D eigenvalue weighted by molar-refractivity contribution is 0.0996. The number of anilines is 2. The fourth-order valence-electron chi connectivity index (χ4n) is 4.06. The van der Waals surface area contributed by atoms with Crippen molar-refractivity contribution in [2.45, 2.75) is 47.2 Å². The first kappa shape index (κ1) is 25.8. The number of carbonyl (C=O) groups excluding carboxylic acids is 1. The molecule has 11 nitrogen and oxygen atoms in total. The number of carbonyl (C=O) groups is 1. The van der Waals surface area contributed by atoms with Crippen molar-refractivity contribution in [3.8, 4) is 11.5 Å². The van der Waals surface area contributed by atoms with E-state index >= 15 is 0 Å². The Balaban J connectivity index is 1.76. The molecular formula is C23H28N6O5S2. The molecule has 192 valence electrons. The first-order valence-electron chi connectivity index (χ1n) is 11.5. The number of pyridine rings is 1. The van der Waals surface area contributed by atoms with Crippen LogP contribution in [0.25, 0.3) is 11.5 Å². The lowest BCUT2D eigenvalue weighted by Gasteiger charge is -2.24. The monoisotopic (exact) mass is 532 g/mol. The lowest BCUT2D eigenvalue weighted by atomic mass is 10.1. The maximum Gasteiger partial charge on any atom is 0.260 e. The van der Waals surface area contributed by atoms with Crippen molar-refractivity contribution in [2.75, 3.05) is 20.1 Å². The van der Waals surface area contributed by atoms with Gasteiger partial charge in [0.25, 0.3) is 5.91 Å². The predicted octanol–water partition coefficient (Wildman–Crippen LogP) is 2.90. The standard InChI is InChI=1S/C23H28N6O5S2/c1-6-35(31,32)29(36(33,34)7-2)20-12-18-17(11-16(20)5)13-27(23(18)30)21-10-8-9-19(25-21)22-26-24-14-28(22)15(3)4/h8-12,14-15H,6-7,13H2,1-5H3. The van der Waals surface area contributed by atoms with Gasteiger partial charge in [-0.1, -0.05) is 12.1 Å². The van der Waals surface area contributed by atoms with Crippen LogP contribution in [0.3, 0.4) is 0 Å². The number of rotatable bonds is 8. The number of hydrogen-bond acceptors (Lipinski definition) is 8. The van der Waals surface area contributed by atoms with E-state index in [0.717, 1.165) is 0 Å². The van der Waals surface area contributed by atoms with Gasteiger partial charge in [0, 0.05) is 11.6 Å². The van der Waals surface area contributed by atoms with Gasteiger partial charge in [-0.15, -0.1) is 10.2 Å². The summed E-state index contributed by atoms with van der Waals surface area (Å²) in [6, 6.07) is 8.38. The van der Waals surface area contributed by atoms with E-state index < -0.39 is 37.5 Å². The average molecular weight is 533 g/mol. The van der Waals surface area contributed by atoms with Crippen LogP contribution in [0.4, 0.5) is 11.5 Å². The Morgan fingerprint density at radius 3 is 2.33 bits per heavy atom. The van der Waals surface area contributed by atoms with Gasteiger partial charge in [0.2, 0.25) is 20.0 Å². The van der Waals surface area contributed by atoms with Gasteiger partial charge in [-0.25, -0.2) is 21.8 Å². The number of amides is 1. The minimum Gasteiger partial charge on any atom is -0.310 e. The van der Waals surface area contributed by atoms with Crippen molar-refractivity contribution in [3.63, 3.8) is 0 Å². The fourth-order valence-corrected chi connectivity index (χ4v) is 7.54. The highest BCUT2D eigenvalue weighted by molar-refractivity contribution is 8.10. The molecule has 0 spiro atoms. The van der Waals surface area contributed by atoms with Gasteiger partial charge in [-0.3, -0.25) is 9.69 Å². The van der Waals surface area contributed by atoms with E-state index in [0.29, 0.717) is 32.2 Å². The number of aryl methyl sites for hydroxylation is 1. The Labute approximate surface area is 210 Å². The fraction of sp³-hybridized carbons (Fsp3) is 0.391. The minimum absolute atomic E-state index is 0.0422. The Bertz CT molecular complexity index is 1510. The second-order valence-electron chi connectivity index (χ2n) is 8.72. The molecule has 1 aliphatic rings. The highest BCUT2D eigenvalue weighted by atomic mass is 32.3. The van der Waals surface area contributed by atoms with E-state index in [-0.39, 0.29) is 23.8 Å². The number of benzene rings is 1. The number of hydrogen-bond donors (Lipinski definition) is 0. The van der Waals surface area contributed by atoms with Crippen LogP contribution in [0.5, 0.6) is 0 Å². The smallest absolute Gasteiger partial charge is 0.260 e. The zero-order valence-electron chi connectivity index (χ0n) is 20.7. The molecule has 0 bridgehead atoms. The van der Waals surface area contributed by atoms with E-state index in [1.54, 1.807) is 37.5 Å². The van der Waals surface area contributed by atoms with Crippen LogP contribution in [-0.2, 0) is 26.6 Å². The topological polar surface area (TPSA) is 135 Å². The van der Waals surface area contributed by atoms with Crippen molar-refractivity contribution >= 4 is 37.5 Å². The molecule has 2 aromatic heterocycles. The first-order chi connectivity index (χ1) is 16.9. The first-order valence-corrected chi connectivity index (χ1v) is 14.7. The molecule has 0 aliphatic carbocycles. The molecule has 1 aliphatic heterocycles. The third kappa shape index (κ3) is 4.37. The summed E-state index contributed by atoms with van der Waals surface area (Å²) in [5, 5.41) is 8.14. The summed E-state index contributed by atoms with van der Waals surface area (Å²) >= 11 is 0. The molecule has 0 unspecified atom stereocenters. The van der Waals surface area contributed by atoms with Crippen LogP contribution in [0.15, 0.2) is 36.7 Å². The molecule has 0 atom stereocenters. The summed E-state index contributed by atoms with van der Waals surface area (Å²) in [4.78, 5) is 19.5. The van der Waals surface area contributed by atoms with Crippen molar-refractivity contribution in [1.29, 1.82) is 0 Å². The number of nitrogens with zero attached hydrogens (tertiary/aromatic N) is 6. The summed E-state index contributed by atoms with van der Waals surface area (Å²) in [5.74, 6) is -0.241. The molecule has 3 aromatic rings. The molecule has 3 heterocycles. The van der Waals surface area contributed by atoms with Crippen molar-refractivity contribution in [3.05, 3.63) is 53.3 Å². The van der Waals surface area contributed by atoms with E-state index in [1.165, 1.54) is 24.8 Å². The largest absolute Gasteiger partial charge is 0.310 e. The maximum atomic E-state index is 13.4. The Morgan fingerprint density at radius 1 is 1.06 bits per heavy atom. The highest BCUT2D eigenvalue weighted by Crippen LogP contribution is 2.35. The Kier molecular flexibility index (Phi) is 6.64. The summed E-state index contributed by atoms with van der Waals surface area (Å²) in [7, 11) is -8.31. The Morgan fingerprint density at radius 2 is 1.72 bits per heavy atom.